The first-order valence-electron chi connectivity index (χ1n) is 4.63. The Morgan fingerprint density at radius 2 is 2.19 bits per heavy atom. The molecular weight excluding hydrogens is 212 g/mol. The van der Waals surface area contributed by atoms with Gasteiger partial charge in [0.05, 0.1) is 6.42 Å². The van der Waals surface area contributed by atoms with Crippen molar-refractivity contribution in [3.8, 4) is 0 Å². The third kappa shape index (κ3) is 3.56. The van der Waals surface area contributed by atoms with Crippen LogP contribution in [0, 0.1) is 6.92 Å². The van der Waals surface area contributed by atoms with Crippen molar-refractivity contribution in [3.05, 3.63) is 24.0 Å². The molecule has 1 aromatic rings. The molecule has 1 heterocycles. The van der Waals surface area contributed by atoms with Crippen molar-refractivity contribution in [1.29, 1.82) is 0 Å². The van der Waals surface area contributed by atoms with Crippen molar-refractivity contribution >= 4 is 17.6 Å². The number of carboxylic acids is 2. The van der Waals surface area contributed by atoms with E-state index in [4.69, 9.17) is 10.2 Å². The third-order valence-corrected chi connectivity index (χ3v) is 1.91. The number of nitrogens with zero attached hydrogens (tertiary/aromatic N) is 1. The summed E-state index contributed by atoms with van der Waals surface area (Å²) in [6.45, 7) is 1.76. The first-order chi connectivity index (χ1) is 7.49. The van der Waals surface area contributed by atoms with E-state index in [-0.39, 0.29) is 0 Å². The number of aromatic nitrogens is 1. The van der Waals surface area contributed by atoms with Crippen LogP contribution in [0.4, 0.5) is 5.69 Å². The van der Waals surface area contributed by atoms with Gasteiger partial charge in [0.2, 0.25) is 0 Å². The molecule has 1 rings (SSSR count). The fourth-order valence-electron chi connectivity index (χ4n) is 1.21. The highest BCUT2D eigenvalue weighted by Gasteiger charge is 2.20. The zero-order valence-corrected chi connectivity index (χ0v) is 8.67. The summed E-state index contributed by atoms with van der Waals surface area (Å²) < 4.78 is 0. The minimum Gasteiger partial charge on any atom is -0.481 e. The fourth-order valence-corrected chi connectivity index (χ4v) is 1.21. The van der Waals surface area contributed by atoms with Crippen LogP contribution in [0.1, 0.15) is 12.1 Å². The zero-order valence-electron chi connectivity index (χ0n) is 8.67. The van der Waals surface area contributed by atoms with E-state index in [1.54, 1.807) is 19.1 Å². The van der Waals surface area contributed by atoms with E-state index in [9.17, 15) is 9.59 Å². The summed E-state index contributed by atoms with van der Waals surface area (Å²) in [6.07, 6.45) is 1.05. The molecule has 0 aromatic carbocycles. The molecule has 1 unspecified atom stereocenters. The number of nitrogens with one attached hydrogen (secondary N) is 1. The summed E-state index contributed by atoms with van der Waals surface area (Å²) in [4.78, 5) is 25.2. The summed E-state index contributed by atoms with van der Waals surface area (Å²) in [7, 11) is 0. The van der Waals surface area contributed by atoms with Crippen LogP contribution >= 0.6 is 0 Å². The van der Waals surface area contributed by atoms with Gasteiger partial charge in [-0.3, -0.25) is 9.78 Å². The molecule has 0 aliphatic carbocycles. The molecule has 1 aromatic heterocycles. The monoisotopic (exact) mass is 224 g/mol. The van der Waals surface area contributed by atoms with Crippen LogP contribution in [0.5, 0.6) is 0 Å². The highest BCUT2D eigenvalue weighted by atomic mass is 16.4. The molecule has 0 aliphatic rings. The van der Waals surface area contributed by atoms with Crippen LogP contribution < -0.4 is 5.32 Å². The number of aliphatic carboxylic acids is 2. The average molecular weight is 224 g/mol. The highest BCUT2D eigenvalue weighted by Crippen LogP contribution is 2.10. The van der Waals surface area contributed by atoms with Crippen LogP contribution in [-0.4, -0.2) is 33.2 Å². The predicted octanol–water partition coefficient (Wildman–Crippen LogP) is 0.730. The van der Waals surface area contributed by atoms with E-state index >= 15 is 0 Å². The Bertz CT molecular complexity index is 406. The van der Waals surface area contributed by atoms with Gasteiger partial charge in [-0.1, -0.05) is 0 Å². The molecule has 0 amide bonds. The first kappa shape index (κ1) is 12.0. The summed E-state index contributed by atoms with van der Waals surface area (Å²) in [5.74, 6) is -2.36. The minimum atomic E-state index is -1.20. The topological polar surface area (TPSA) is 99.5 Å². The van der Waals surface area contributed by atoms with Crippen molar-refractivity contribution in [2.24, 2.45) is 0 Å². The molecule has 86 valence electrons. The number of carboxylic acid groups (broad SMARTS) is 2. The second kappa shape index (κ2) is 5.11. The number of hydrogen-bond acceptors (Lipinski definition) is 4. The molecule has 6 nitrogen and oxygen atoms in total. The maximum Gasteiger partial charge on any atom is 0.326 e. The van der Waals surface area contributed by atoms with E-state index in [1.165, 1.54) is 6.20 Å². The van der Waals surface area contributed by atoms with Gasteiger partial charge in [0.25, 0.3) is 0 Å². The molecule has 0 radical (unpaired) electrons. The number of carbonyl (C=O) groups is 2. The van der Waals surface area contributed by atoms with Crippen LogP contribution in [0.3, 0.4) is 0 Å². The lowest BCUT2D eigenvalue weighted by Gasteiger charge is -2.13. The molecule has 0 saturated carbocycles. The van der Waals surface area contributed by atoms with Gasteiger partial charge in [-0.05, 0) is 19.1 Å². The zero-order chi connectivity index (χ0) is 12.1. The Labute approximate surface area is 91.9 Å². The lowest BCUT2D eigenvalue weighted by molar-refractivity contribution is -0.144. The summed E-state index contributed by atoms with van der Waals surface area (Å²) in [5, 5.41) is 20.0. The van der Waals surface area contributed by atoms with Crippen molar-refractivity contribution in [1.82, 2.24) is 4.98 Å². The molecule has 3 N–H and O–H groups in total. The van der Waals surface area contributed by atoms with E-state index in [0.29, 0.717) is 5.69 Å². The molecule has 0 fully saturated rings. The van der Waals surface area contributed by atoms with Gasteiger partial charge in [0.1, 0.15) is 6.04 Å². The number of hydrogen-bond donors (Lipinski definition) is 3. The van der Waals surface area contributed by atoms with Crippen LogP contribution in [0.2, 0.25) is 0 Å². The summed E-state index contributed by atoms with van der Waals surface area (Å²) in [5.41, 5.74) is 1.27. The lowest BCUT2D eigenvalue weighted by atomic mass is 10.2. The van der Waals surface area contributed by atoms with E-state index < -0.39 is 24.4 Å². The molecule has 16 heavy (non-hydrogen) atoms. The van der Waals surface area contributed by atoms with Gasteiger partial charge in [0, 0.05) is 17.6 Å². The Hall–Kier alpha value is -2.11. The van der Waals surface area contributed by atoms with Gasteiger partial charge in [-0.15, -0.1) is 0 Å². The standard InChI is InChI=1S/C10H12N2O4/c1-6-4-7(2-3-11-6)12-8(10(15)16)5-9(13)14/h2-4,8H,5H2,1H3,(H,11,12)(H,13,14)(H,15,16). The van der Waals surface area contributed by atoms with E-state index in [0.717, 1.165) is 5.69 Å². The number of aryl methyl sites for hydroxylation is 1. The normalized spacial score (nSPS) is 11.8. The molecule has 0 bridgehead atoms. The minimum absolute atomic E-state index is 0.475. The molecule has 0 aliphatic heterocycles. The smallest absolute Gasteiger partial charge is 0.326 e. The van der Waals surface area contributed by atoms with Gasteiger partial charge in [0.15, 0.2) is 0 Å². The summed E-state index contributed by atoms with van der Waals surface area (Å²) >= 11 is 0. The number of pyridine rings is 1. The number of anilines is 1. The van der Waals surface area contributed by atoms with Crippen molar-refractivity contribution < 1.29 is 19.8 Å². The van der Waals surface area contributed by atoms with Gasteiger partial charge in [-0.25, -0.2) is 4.79 Å². The van der Waals surface area contributed by atoms with Crippen molar-refractivity contribution in [3.63, 3.8) is 0 Å². The first-order valence-corrected chi connectivity index (χ1v) is 4.63. The molecule has 0 spiro atoms. The quantitative estimate of drug-likeness (QED) is 0.681. The predicted molar refractivity (Wildman–Crippen MR) is 56.3 cm³/mol. The second-order valence-corrected chi connectivity index (χ2v) is 3.32. The van der Waals surface area contributed by atoms with Crippen molar-refractivity contribution in [2.45, 2.75) is 19.4 Å². The SMILES string of the molecule is Cc1cc(NC(CC(=O)O)C(=O)O)ccn1. The Morgan fingerprint density at radius 1 is 1.50 bits per heavy atom. The van der Waals surface area contributed by atoms with E-state index in [2.05, 4.69) is 10.3 Å². The van der Waals surface area contributed by atoms with Gasteiger partial charge in [-0.2, -0.15) is 0 Å². The van der Waals surface area contributed by atoms with Crippen LogP contribution in [0.25, 0.3) is 0 Å². The largest absolute Gasteiger partial charge is 0.481 e. The van der Waals surface area contributed by atoms with Crippen LogP contribution in [0.15, 0.2) is 18.3 Å². The average Bonchev–Trinajstić information content (AvgIpc) is 2.15. The van der Waals surface area contributed by atoms with Gasteiger partial charge < -0.3 is 15.5 Å². The lowest BCUT2D eigenvalue weighted by Crippen LogP contribution is -2.31. The molecule has 1 atom stereocenters. The van der Waals surface area contributed by atoms with E-state index in [1.807, 2.05) is 0 Å². The number of rotatable bonds is 5. The molecule has 6 heteroatoms. The highest BCUT2D eigenvalue weighted by molar-refractivity contribution is 5.83. The second-order valence-electron chi connectivity index (χ2n) is 3.32. The molecule has 0 saturated heterocycles. The maximum atomic E-state index is 10.8. The van der Waals surface area contributed by atoms with Crippen LogP contribution in [-0.2, 0) is 9.59 Å². The van der Waals surface area contributed by atoms with Crippen molar-refractivity contribution in [2.75, 3.05) is 5.32 Å². The maximum absolute atomic E-state index is 10.8. The summed E-state index contributed by atoms with van der Waals surface area (Å²) in [6, 6.07) is 2.10. The fraction of sp³-hybridized carbons (Fsp3) is 0.300. The Balaban J connectivity index is 2.75. The van der Waals surface area contributed by atoms with Gasteiger partial charge >= 0.3 is 11.9 Å². The molecular formula is C10H12N2O4. The Kier molecular flexibility index (Phi) is 3.82. The Morgan fingerprint density at radius 3 is 2.69 bits per heavy atom. The third-order valence-electron chi connectivity index (χ3n) is 1.91.